The molecule has 1 fully saturated rings. The van der Waals surface area contributed by atoms with Gasteiger partial charge in [-0.3, -0.25) is 14.6 Å². The molecule has 1 saturated heterocycles. The van der Waals surface area contributed by atoms with Crippen molar-refractivity contribution in [3.63, 3.8) is 0 Å². The van der Waals surface area contributed by atoms with Gasteiger partial charge >= 0.3 is 0 Å². The van der Waals surface area contributed by atoms with Gasteiger partial charge in [-0.1, -0.05) is 11.2 Å². The monoisotopic (exact) mass is 350 g/mol. The third-order valence-electron chi connectivity index (χ3n) is 4.12. The van der Waals surface area contributed by atoms with Crippen molar-refractivity contribution in [2.45, 2.75) is 13.5 Å². The summed E-state index contributed by atoms with van der Waals surface area (Å²) in [6.07, 6.45) is 0. The highest BCUT2D eigenvalue weighted by Gasteiger charge is 2.20. The second-order valence-electron chi connectivity index (χ2n) is 6.17. The zero-order chi connectivity index (χ0) is 17.8. The van der Waals surface area contributed by atoms with Crippen LogP contribution in [0.25, 0.3) is 0 Å². The molecule has 25 heavy (non-hydrogen) atoms. The zero-order valence-electron chi connectivity index (χ0n) is 14.0. The molecule has 134 valence electrons. The summed E-state index contributed by atoms with van der Waals surface area (Å²) in [5.74, 6) is -0.735. The maximum Gasteiger partial charge on any atom is 0.239 e. The van der Waals surface area contributed by atoms with Crippen molar-refractivity contribution >= 4 is 11.7 Å². The smallest absolute Gasteiger partial charge is 0.239 e. The van der Waals surface area contributed by atoms with E-state index in [0.29, 0.717) is 18.1 Å². The van der Waals surface area contributed by atoms with Crippen LogP contribution < -0.4 is 5.32 Å². The molecule has 8 heteroatoms. The molecule has 1 amide bonds. The fraction of sp³-hybridized carbons (Fsp3) is 0.412. The first-order valence-electron chi connectivity index (χ1n) is 8.11. The van der Waals surface area contributed by atoms with E-state index in [0.717, 1.165) is 37.8 Å². The van der Waals surface area contributed by atoms with Crippen LogP contribution in [0.4, 0.5) is 14.6 Å². The van der Waals surface area contributed by atoms with Gasteiger partial charge in [-0.05, 0) is 24.6 Å². The van der Waals surface area contributed by atoms with Gasteiger partial charge in [-0.2, -0.15) is 0 Å². The molecule has 1 N–H and O–H groups in total. The van der Waals surface area contributed by atoms with Crippen LogP contribution in [-0.2, 0) is 11.3 Å². The number of piperazine rings is 1. The van der Waals surface area contributed by atoms with Crippen molar-refractivity contribution in [1.29, 1.82) is 0 Å². The van der Waals surface area contributed by atoms with Crippen molar-refractivity contribution < 1.29 is 18.1 Å². The quantitative estimate of drug-likeness (QED) is 0.894. The van der Waals surface area contributed by atoms with Gasteiger partial charge in [-0.25, -0.2) is 8.78 Å². The Morgan fingerprint density at radius 3 is 2.52 bits per heavy atom. The van der Waals surface area contributed by atoms with Crippen molar-refractivity contribution in [2.75, 3.05) is 38.0 Å². The second-order valence-corrected chi connectivity index (χ2v) is 6.17. The minimum atomic E-state index is -0.832. The Kier molecular flexibility index (Phi) is 5.40. The highest BCUT2D eigenvalue weighted by Crippen LogP contribution is 2.13. The summed E-state index contributed by atoms with van der Waals surface area (Å²) >= 11 is 0. The molecule has 0 aliphatic carbocycles. The lowest BCUT2D eigenvalue weighted by Crippen LogP contribution is -2.48. The van der Waals surface area contributed by atoms with Crippen LogP contribution in [0.15, 0.2) is 28.8 Å². The van der Waals surface area contributed by atoms with E-state index in [1.807, 2.05) is 4.90 Å². The van der Waals surface area contributed by atoms with E-state index in [4.69, 9.17) is 4.52 Å². The first-order chi connectivity index (χ1) is 12.0. The van der Waals surface area contributed by atoms with Gasteiger partial charge < -0.3 is 9.84 Å². The lowest BCUT2D eigenvalue weighted by molar-refractivity contribution is -0.117. The average Bonchev–Trinajstić information content (AvgIpc) is 2.97. The van der Waals surface area contributed by atoms with Gasteiger partial charge in [0.05, 0.1) is 6.54 Å². The lowest BCUT2D eigenvalue weighted by atomic mass is 10.2. The van der Waals surface area contributed by atoms with E-state index in [9.17, 15) is 13.6 Å². The van der Waals surface area contributed by atoms with Gasteiger partial charge in [-0.15, -0.1) is 0 Å². The topological polar surface area (TPSA) is 61.6 Å². The standard InChI is InChI=1S/C17H20F2N4O2/c1-12-8-16(21-25-12)20-17(24)11-23-6-4-22(5-7-23)10-13-2-3-14(18)15(19)9-13/h2-3,8-9H,4-7,10-11H2,1H3,(H,20,21,24). The molecule has 6 nitrogen and oxygen atoms in total. The van der Waals surface area contributed by atoms with Crippen molar-refractivity contribution in [2.24, 2.45) is 0 Å². The van der Waals surface area contributed by atoms with Crippen LogP contribution in [0, 0.1) is 18.6 Å². The number of rotatable bonds is 5. The van der Waals surface area contributed by atoms with Crippen molar-refractivity contribution in [3.8, 4) is 0 Å². The number of hydrogen-bond donors (Lipinski definition) is 1. The minimum absolute atomic E-state index is 0.137. The first-order valence-corrected chi connectivity index (χ1v) is 8.11. The van der Waals surface area contributed by atoms with Gasteiger partial charge in [0.1, 0.15) is 5.76 Å². The molecule has 0 unspecified atom stereocenters. The summed E-state index contributed by atoms with van der Waals surface area (Å²) in [6, 6.07) is 5.64. The van der Waals surface area contributed by atoms with Crippen LogP contribution in [0.3, 0.4) is 0 Å². The number of aromatic nitrogens is 1. The predicted molar refractivity (Wildman–Crippen MR) is 87.9 cm³/mol. The Bertz CT molecular complexity index is 742. The molecule has 1 aromatic heterocycles. The van der Waals surface area contributed by atoms with Crippen LogP contribution in [0.2, 0.25) is 0 Å². The number of nitrogens with zero attached hydrogens (tertiary/aromatic N) is 3. The van der Waals surface area contributed by atoms with E-state index in [1.54, 1.807) is 19.1 Å². The molecular formula is C17H20F2N4O2. The summed E-state index contributed by atoms with van der Waals surface area (Å²) in [4.78, 5) is 16.2. The highest BCUT2D eigenvalue weighted by atomic mass is 19.2. The first kappa shape index (κ1) is 17.5. The molecule has 0 radical (unpaired) electrons. The van der Waals surface area contributed by atoms with Crippen LogP contribution in [0.1, 0.15) is 11.3 Å². The molecule has 0 spiro atoms. The highest BCUT2D eigenvalue weighted by molar-refractivity contribution is 5.91. The predicted octanol–water partition coefficient (Wildman–Crippen LogP) is 2.02. The summed E-state index contributed by atoms with van der Waals surface area (Å²) in [5.41, 5.74) is 0.742. The number of carbonyl (C=O) groups is 1. The SMILES string of the molecule is Cc1cc(NC(=O)CN2CCN(Cc3ccc(F)c(F)c3)CC2)no1. The van der Waals surface area contributed by atoms with Crippen molar-refractivity contribution in [1.82, 2.24) is 15.0 Å². The number of halogens is 2. The summed E-state index contributed by atoms with van der Waals surface area (Å²) in [6.45, 7) is 5.59. The molecule has 0 saturated carbocycles. The van der Waals surface area contributed by atoms with Gasteiger partial charge in [0.2, 0.25) is 5.91 Å². The maximum atomic E-state index is 13.3. The third-order valence-corrected chi connectivity index (χ3v) is 4.12. The molecule has 1 aliphatic heterocycles. The molecule has 2 heterocycles. The van der Waals surface area contributed by atoms with Crippen LogP contribution in [0.5, 0.6) is 0 Å². The number of anilines is 1. The third kappa shape index (κ3) is 4.83. The Hall–Kier alpha value is -2.32. The maximum absolute atomic E-state index is 13.3. The number of benzene rings is 1. The molecule has 2 aromatic rings. The Morgan fingerprint density at radius 1 is 1.16 bits per heavy atom. The fourth-order valence-electron chi connectivity index (χ4n) is 2.81. The van der Waals surface area contributed by atoms with E-state index in [-0.39, 0.29) is 12.5 Å². The summed E-state index contributed by atoms with van der Waals surface area (Å²) < 4.78 is 31.1. The molecule has 1 aliphatic rings. The zero-order valence-corrected chi connectivity index (χ0v) is 14.0. The van der Waals surface area contributed by atoms with E-state index in [1.165, 1.54) is 6.07 Å². The number of hydrogen-bond acceptors (Lipinski definition) is 5. The average molecular weight is 350 g/mol. The Balaban J connectivity index is 1.43. The van der Waals surface area contributed by atoms with E-state index < -0.39 is 11.6 Å². The van der Waals surface area contributed by atoms with Crippen LogP contribution >= 0.6 is 0 Å². The Morgan fingerprint density at radius 2 is 1.88 bits per heavy atom. The van der Waals surface area contributed by atoms with E-state index in [2.05, 4.69) is 15.4 Å². The lowest BCUT2D eigenvalue weighted by Gasteiger charge is -2.34. The number of nitrogens with one attached hydrogen (secondary N) is 1. The minimum Gasteiger partial charge on any atom is -0.360 e. The fourth-order valence-corrected chi connectivity index (χ4v) is 2.81. The molecular weight excluding hydrogens is 330 g/mol. The number of amides is 1. The molecule has 3 rings (SSSR count). The van der Waals surface area contributed by atoms with Crippen LogP contribution in [-0.4, -0.2) is 53.6 Å². The number of carbonyl (C=O) groups excluding carboxylic acids is 1. The van der Waals surface area contributed by atoms with Gasteiger partial charge in [0, 0.05) is 38.8 Å². The second kappa shape index (κ2) is 7.71. The summed E-state index contributed by atoms with van der Waals surface area (Å²) in [7, 11) is 0. The van der Waals surface area contributed by atoms with Gasteiger partial charge in [0.15, 0.2) is 17.5 Å². The van der Waals surface area contributed by atoms with Crippen molar-refractivity contribution in [3.05, 3.63) is 47.2 Å². The number of aryl methyl sites for hydroxylation is 1. The molecule has 1 aromatic carbocycles. The summed E-state index contributed by atoms with van der Waals surface area (Å²) in [5, 5.41) is 6.43. The van der Waals surface area contributed by atoms with Gasteiger partial charge in [0.25, 0.3) is 0 Å². The molecule has 0 atom stereocenters. The molecule has 0 bridgehead atoms. The Labute approximate surface area is 144 Å². The van der Waals surface area contributed by atoms with E-state index >= 15 is 0 Å². The largest absolute Gasteiger partial charge is 0.360 e. The normalized spacial score (nSPS) is 16.1.